The Balaban J connectivity index is 2.13. The van der Waals surface area contributed by atoms with Gasteiger partial charge in [-0.05, 0) is 24.6 Å². The molecule has 0 spiro atoms. The second kappa shape index (κ2) is 4.22. The molecule has 1 aromatic carbocycles. The molecule has 0 radical (unpaired) electrons. The van der Waals surface area contributed by atoms with Crippen LogP contribution < -0.4 is 0 Å². The van der Waals surface area contributed by atoms with Crippen LogP contribution in [0.15, 0.2) is 40.9 Å². The zero-order chi connectivity index (χ0) is 11.7. The quantitative estimate of drug-likeness (QED) is 0.741. The van der Waals surface area contributed by atoms with E-state index >= 15 is 0 Å². The van der Waals surface area contributed by atoms with Crippen LogP contribution in [0.2, 0.25) is 5.02 Å². The van der Waals surface area contributed by atoms with Gasteiger partial charge in [-0.3, -0.25) is 0 Å². The summed E-state index contributed by atoms with van der Waals surface area (Å²) in [5, 5.41) is 4.84. The summed E-state index contributed by atoms with van der Waals surface area (Å²) in [7, 11) is 0. The molecule has 2 nitrogen and oxygen atoms in total. The van der Waals surface area contributed by atoms with Gasteiger partial charge in [-0.2, -0.15) is 0 Å². The van der Waals surface area contributed by atoms with Crippen molar-refractivity contribution >= 4 is 23.8 Å². The summed E-state index contributed by atoms with van der Waals surface area (Å²) in [6.45, 7) is 0. The first-order chi connectivity index (χ1) is 8.34. The van der Waals surface area contributed by atoms with Gasteiger partial charge in [0.25, 0.3) is 0 Å². The fourth-order valence-corrected chi connectivity index (χ4v) is 1.97. The van der Waals surface area contributed by atoms with Crippen LogP contribution in [0.5, 0.6) is 0 Å². The van der Waals surface area contributed by atoms with Gasteiger partial charge in [0.15, 0.2) is 5.76 Å². The zero-order valence-corrected chi connectivity index (χ0v) is 9.82. The van der Waals surface area contributed by atoms with Crippen LogP contribution in [0.4, 0.5) is 0 Å². The maximum atomic E-state index is 5.87. The van der Waals surface area contributed by atoms with Gasteiger partial charge in [0.2, 0.25) is 0 Å². The van der Waals surface area contributed by atoms with Crippen LogP contribution in [0.1, 0.15) is 17.7 Å². The summed E-state index contributed by atoms with van der Waals surface area (Å²) in [6, 6.07) is 7.61. The second-order valence-electron chi connectivity index (χ2n) is 3.86. The van der Waals surface area contributed by atoms with Crippen molar-refractivity contribution in [2.75, 3.05) is 0 Å². The largest absolute Gasteiger partial charge is 0.356 e. The molecule has 1 heterocycles. The smallest absolute Gasteiger partial charge is 0.167 e. The molecule has 84 valence electrons. The molecular formula is C14H10ClNO. The van der Waals surface area contributed by atoms with Gasteiger partial charge in [-0.15, -0.1) is 0 Å². The minimum atomic E-state index is 0.721. The molecule has 0 atom stereocenters. The number of nitrogens with zero attached hydrogens (tertiary/aromatic N) is 1. The van der Waals surface area contributed by atoms with Crippen LogP contribution in [0.25, 0.3) is 23.4 Å². The lowest BCUT2D eigenvalue weighted by Crippen LogP contribution is -1.81. The molecule has 0 saturated heterocycles. The lowest BCUT2D eigenvalue weighted by molar-refractivity contribution is 0.415. The molecule has 3 heteroatoms. The number of aromatic nitrogens is 1. The van der Waals surface area contributed by atoms with Gasteiger partial charge in [0, 0.05) is 16.1 Å². The standard InChI is InChI=1S/C14H10ClNO/c15-11-8-6-10(7-9-11)14-12-4-2-1-3-5-13(12)17-16-14/h2-9H,1H2. The Morgan fingerprint density at radius 2 is 1.82 bits per heavy atom. The van der Waals surface area contributed by atoms with Crippen LogP contribution >= 0.6 is 11.6 Å². The van der Waals surface area contributed by atoms with Crippen molar-refractivity contribution < 1.29 is 4.52 Å². The number of halogens is 1. The highest BCUT2D eigenvalue weighted by Gasteiger charge is 2.14. The predicted octanol–water partition coefficient (Wildman–Crippen LogP) is 4.43. The number of rotatable bonds is 1. The van der Waals surface area contributed by atoms with E-state index in [9.17, 15) is 0 Å². The van der Waals surface area contributed by atoms with E-state index in [2.05, 4.69) is 23.4 Å². The fraction of sp³-hybridized carbons (Fsp3) is 0.0714. The summed E-state index contributed by atoms with van der Waals surface area (Å²) in [4.78, 5) is 0. The molecule has 0 amide bonds. The first kappa shape index (κ1) is 10.4. The Labute approximate surface area is 104 Å². The number of hydrogen-bond donors (Lipinski definition) is 0. The normalized spacial score (nSPS) is 13.5. The molecule has 0 unspecified atom stereocenters. The van der Waals surface area contributed by atoms with E-state index in [1.165, 1.54) is 0 Å². The molecule has 1 aliphatic rings. The van der Waals surface area contributed by atoms with Crippen LogP contribution in [0.3, 0.4) is 0 Å². The third-order valence-corrected chi connectivity index (χ3v) is 2.95. The Morgan fingerprint density at radius 1 is 1.06 bits per heavy atom. The summed E-state index contributed by atoms with van der Waals surface area (Å²) in [6.07, 6.45) is 9.08. The van der Waals surface area contributed by atoms with Gasteiger partial charge in [-0.1, -0.05) is 47.1 Å². The summed E-state index contributed by atoms with van der Waals surface area (Å²) in [5.41, 5.74) is 2.90. The third kappa shape index (κ3) is 1.92. The minimum Gasteiger partial charge on any atom is -0.356 e. The molecular weight excluding hydrogens is 234 g/mol. The third-order valence-electron chi connectivity index (χ3n) is 2.70. The maximum Gasteiger partial charge on any atom is 0.167 e. The fourth-order valence-electron chi connectivity index (χ4n) is 1.85. The number of fused-ring (bicyclic) bond motifs is 1. The average molecular weight is 244 g/mol. The second-order valence-corrected chi connectivity index (χ2v) is 4.29. The highest BCUT2D eigenvalue weighted by molar-refractivity contribution is 6.30. The highest BCUT2D eigenvalue weighted by atomic mass is 35.5. The van der Waals surface area contributed by atoms with Crippen molar-refractivity contribution in [1.82, 2.24) is 5.16 Å². The van der Waals surface area contributed by atoms with Gasteiger partial charge >= 0.3 is 0 Å². The number of allylic oxidation sites excluding steroid dienone is 2. The van der Waals surface area contributed by atoms with Gasteiger partial charge < -0.3 is 4.52 Å². The van der Waals surface area contributed by atoms with Crippen LogP contribution in [-0.2, 0) is 0 Å². The summed E-state index contributed by atoms with van der Waals surface area (Å²) in [5.74, 6) is 0.809. The van der Waals surface area contributed by atoms with Crippen molar-refractivity contribution in [2.45, 2.75) is 6.42 Å². The molecule has 0 fully saturated rings. The molecule has 3 rings (SSSR count). The van der Waals surface area contributed by atoms with E-state index in [1.807, 2.05) is 30.3 Å². The summed E-state index contributed by atoms with van der Waals surface area (Å²) >= 11 is 5.87. The predicted molar refractivity (Wildman–Crippen MR) is 69.6 cm³/mol. The van der Waals surface area contributed by atoms with E-state index in [1.54, 1.807) is 0 Å². The zero-order valence-electron chi connectivity index (χ0n) is 9.06. The minimum absolute atomic E-state index is 0.721. The first-order valence-corrected chi connectivity index (χ1v) is 5.81. The Kier molecular flexibility index (Phi) is 2.57. The lowest BCUT2D eigenvalue weighted by Gasteiger charge is -1.97. The van der Waals surface area contributed by atoms with E-state index < -0.39 is 0 Å². The highest BCUT2D eigenvalue weighted by Crippen LogP contribution is 2.29. The SMILES string of the molecule is Clc1ccc(-c2noc3c2C=CCC=C3)cc1. The van der Waals surface area contributed by atoms with Gasteiger partial charge in [0.1, 0.15) is 5.69 Å². The number of hydrogen-bond acceptors (Lipinski definition) is 2. The lowest BCUT2D eigenvalue weighted by atomic mass is 10.1. The molecule has 0 saturated carbocycles. The Morgan fingerprint density at radius 3 is 2.65 bits per heavy atom. The van der Waals surface area contributed by atoms with E-state index in [-0.39, 0.29) is 0 Å². The average Bonchev–Trinajstić information content (AvgIpc) is 2.60. The van der Waals surface area contributed by atoms with E-state index in [4.69, 9.17) is 16.1 Å². The van der Waals surface area contributed by atoms with E-state index in [0.29, 0.717) is 0 Å². The van der Waals surface area contributed by atoms with Gasteiger partial charge in [-0.25, -0.2) is 0 Å². The molecule has 0 aliphatic heterocycles. The first-order valence-electron chi connectivity index (χ1n) is 5.43. The Hall–Kier alpha value is -1.80. The topological polar surface area (TPSA) is 26.0 Å². The van der Waals surface area contributed by atoms with Crippen LogP contribution in [0, 0.1) is 0 Å². The van der Waals surface area contributed by atoms with Crippen LogP contribution in [-0.4, -0.2) is 5.16 Å². The van der Waals surface area contributed by atoms with Crippen molar-refractivity contribution in [1.29, 1.82) is 0 Å². The maximum absolute atomic E-state index is 5.87. The molecule has 2 aromatic rings. The molecule has 1 aliphatic carbocycles. The van der Waals surface area contributed by atoms with Crippen molar-refractivity contribution in [2.24, 2.45) is 0 Å². The van der Waals surface area contributed by atoms with Crippen molar-refractivity contribution in [3.05, 3.63) is 52.8 Å². The number of benzene rings is 1. The molecule has 0 N–H and O–H groups in total. The van der Waals surface area contributed by atoms with Crippen molar-refractivity contribution in [3.63, 3.8) is 0 Å². The molecule has 0 bridgehead atoms. The monoisotopic (exact) mass is 243 g/mol. The Bertz CT molecular complexity index is 593. The van der Waals surface area contributed by atoms with E-state index in [0.717, 1.165) is 34.0 Å². The van der Waals surface area contributed by atoms with Crippen molar-refractivity contribution in [3.8, 4) is 11.3 Å². The summed E-state index contributed by atoms with van der Waals surface area (Å²) < 4.78 is 5.33. The molecule has 1 aromatic heterocycles. The molecule has 17 heavy (non-hydrogen) atoms. The van der Waals surface area contributed by atoms with Gasteiger partial charge in [0.05, 0.1) is 0 Å².